The lowest BCUT2D eigenvalue weighted by atomic mass is 10.0. The van der Waals surface area contributed by atoms with E-state index in [1.807, 2.05) is 0 Å². The molecule has 2 rings (SSSR count). The van der Waals surface area contributed by atoms with Crippen molar-refractivity contribution >= 4 is 15.6 Å². The zero-order chi connectivity index (χ0) is 12.3. The summed E-state index contributed by atoms with van der Waals surface area (Å²) >= 11 is 0. The summed E-state index contributed by atoms with van der Waals surface area (Å²) in [5.41, 5.74) is 0. The van der Waals surface area contributed by atoms with Gasteiger partial charge in [-0.2, -0.15) is 0 Å². The van der Waals surface area contributed by atoms with Crippen LogP contribution in [-0.2, 0) is 9.84 Å². The summed E-state index contributed by atoms with van der Waals surface area (Å²) in [5, 5.41) is -0.338. The van der Waals surface area contributed by atoms with Gasteiger partial charge in [-0.15, -0.1) is 0 Å². The minimum atomic E-state index is -3.32. The number of carbonyl (C=O) groups excluding carboxylic acids is 1. The van der Waals surface area contributed by atoms with Gasteiger partial charge in [-0.1, -0.05) is 19.3 Å². The second-order valence-corrected chi connectivity index (χ2v) is 6.75. The maximum absolute atomic E-state index is 12.0. The van der Waals surface area contributed by atoms with Crippen LogP contribution < -0.4 is 0 Å². The molecule has 1 aromatic rings. The van der Waals surface area contributed by atoms with Crippen LogP contribution in [0.3, 0.4) is 0 Å². The first kappa shape index (κ1) is 12.4. The van der Waals surface area contributed by atoms with Crippen molar-refractivity contribution in [2.24, 2.45) is 0 Å². The number of furan rings is 1. The van der Waals surface area contributed by atoms with E-state index in [4.69, 9.17) is 4.42 Å². The molecule has 0 bridgehead atoms. The smallest absolute Gasteiger partial charge is 0.212 e. The maximum Gasteiger partial charge on any atom is 0.212 e. The second kappa shape index (κ2) is 5.04. The van der Waals surface area contributed by atoms with Crippen LogP contribution in [0.1, 0.15) is 42.7 Å². The molecule has 17 heavy (non-hydrogen) atoms. The van der Waals surface area contributed by atoms with E-state index < -0.39 is 21.4 Å². The monoisotopic (exact) mass is 256 g/mol. The molecule has 1 heterocycles. The average Bonchev–Trinajstić information content (AvgIpc) is 2.83. The van der Waals surface area contributed by atoms with E-state index in [2.05, 4.69) is 0 Å². The largest absolute Gasteiger partial charge is 0.461 e. The molecule has 1 aromatic heterocycles. The van der Waals surface area contributed by atoms with E-state index >= 15 is 0 Å². The van der Waals surface area contributed by atoms with E-state index in [1.54, 1.807) is 6.07 Å². The highest BCUT2D eigenvalue weighted by Gasteiger charge is 2.30. The van der Waals surface area contributed by atoms with Gasteiger partial charge in [0, 0.05) is 0 Å². The van der Waals surface area contributed by atoms with Gasteiger partial charge >= 0.3 is 0 Å². The molecule has 94 valence electrons. The number of sulfone groups is 1. The molecule has 0 unspecified atom stereocenters. The standard InChI is InChI=1S/C12H16O4S/c13-11(12-7-4-8-16-12)9-17(14,15)10-5-2-1-3-6-10/h4,7-8,10H,1-3,5-6,9H2. The highest BCUT2D eigenvalue weighted by molar-refractivity contribution is 7.92. The second-order valence-electron chi connectivity index (χ2n) is 4.47. The van der Waals surface area contributed by atoms with Gasteiger partial charge in [0.1, 0.15) is 5.75 Å². The van der Waals surface area contributed by atoms with Crippen molar-refractivity contribution in [3.63, 3.8) is 0 Å². The first-order valence-electron chi connectivity index (χ1n) is 5.88. The van der Waals surface area contributed by atoms with Crippen LogP contribution in [0.15, 0.2) is 22.8 Å². The minimum Gasteiger partial charge on any atom is -0.461 e. The number of hydrogen-bond acceptors (Lipinski definition) is 4. The first-order chi connectivity index (χ1) is 8.09. The molecule has 0 spiro atoms. The van der Waals surface area contributed by atoms with Gasteiger partial charge in [0.05, 0.1) is 11.5 Å². The fourth-order valence-electron chi connectivity index (χ4n) is 2.23. The van der Waals surface area contributed by atoms with Crippen LogP contribution in [0.2, 0.25) is 0 Å². The fraction of sp³-hybridized carbons (Fsp3) is 0.583. The molecule has 1 fully saturated rings. The summed E-state index contributed by atoms with van der Waals surface area (Å²) in [5.74, 6) is -0.740. The summed E-state index contributed by atoms with van der Waals surface area (Å²) in [7, 11) is -3.32. The zero-order valence-corrected chi connectivity index (χ0v) is 10.4. The SMILES string of the molecule is O=C(CS(=O)(=O)C1CCCCC1)c1ccco1. The Labute approximate surface area is 101 Å². The summed E-state index contributed by atoms with van der Waals surface area (Å²) in [4.78, 5) is 11.7. The van der Waals surface area contributed by atoms with E-state index in [0.29, 0.717) is 12.8 Å². The van der Waals surface area contributed by atoms with Crippen molar-refractivity contribution in [3.05, 3.63) is 24.2 Å². The van der Waals surface area contributed by atoms with Crippen molar-refractivity contribution < 1.29 is 17.6 Å². The van der Waals surface area contributed by atoms with Gasteiger partial charge in [-0.25, -0.2) is 8.42 Å². The third kappa shape index (κ3) is 2.97. The van der Waals surface area contributed by atoms with Gasteiger partial charge in [0.25, 0.3) is 0 Å². The zero-order valence-electron chi connectivity index (χ0n) is 9.59. The lowest BCUT2D eigenvalue weighted by molar-refractivity contribution is 0.0990. The minimum absolute atomic E-state index is 0.129. The van der Waals surface area contributed by atoms with Gasteiger partial charge in [0.2, 0.25) is 5.78 Å². The van der Waals surface area contributed by atoms with E-state index in [-0.39, 0.29) is 11.0 Å². The number of rotatable bonds is 4. The van der Waals surface area contributed by atoms with Crippen LogP contribution in [0.25, 0.3) is 0 Å². The third-order valence-electron chi connectivity index (χ3n) is 3.19. The highest BCUT2D eigenvalue weighted by Crippen LogP contribution is 2.24. The number of Topliss-reactive ketones (excluding diaryl/α,β-unsaturated/α-hetero) is 1. The third-order valence-corrected chi connectivity index (χ3v) is 5.34. The number of carbonyl (C=O) groups is 1. The predicted octanol–water partition coefficient (Wildman–Crippen LogP) is 2.21. The normalized spacial score (nSPS) is 18.1. The Morgan fingerprint density at radius 3 is 2.59 bits per heavy atom. The molecule has 0 amide bonds. The fourth-order valence-corrected chi connectivity index (χ4v) is 4.03. The summed E-state index contributed by atoms with van der Waals surface area (Å²) < 4.78 is 29.0. The van der Waals surface area contributed by atoms with Crippen LogP contribution in [0.4, 0.5) is 0 Å². The quantitative estimate of drug-likeness (QED) is 0.775. The van der Waals surface area contributed by atoms with Crippen molar-refractivity contribution in [2.75, 3.05) is 5.75 Å². The van der Waals surface area contributed by atoms with Crippen molar-refractivity contribution in [1.82, 2.24) is 0 Å². The molecule has 1 saturated carbocycles. The van der Waals surface area contributed by atoms with Crippen molar-refractivity contribution in [3.8, 4) is 0 Å². The molecular formula is C12H16O4S. The first-order valence-corrected chi connectivity index (χ1v) is 7.59. The number of ketones is 1. The van der Waals surface area contributed by atoms with Gasteiger partial charge in [-0.3, -0.25) is 4.79 Å². The molecule has 0 aliphatic heterocycles. The van der Waals surface area contributed by atoms with Gasteiger partial charge in [-0.05, 0) is 25.0 Å². The molecule has 0 saturated heterocycles. The molecular weight excluding hydrogens is 240 g/mol. The lowest BCUT2D eigenvalue weighted by Gasteiger charge is -2.21. The van der Waals surface area contributed by atoms with Crippen LogP contribution in [-0.4, -0.2) is 25.2 Å². The Hall–Kier alpha value is -1.10. The Balaban J connectivity index is 2.04. The molecule has 4 nitrogen and oxygen atoms in total. The molecule has 0 radical (unpaired) electrons. The van der Waals surface area contributed by atoms with Crippen LogP contribution in [0.5, 0.6) is 0 Å². The number of hydrogen-bond donors (Lipinski definition) is 0. The van der Waals surface area contributed by atoms with Crippen molar-refractivity contribution in [2.45, 2.75) is 37.4 Å². The Bertz CT molecular complexity index is 467. The average molecular weight is 256 g/mol. The van der Waals surface area contributed by atoms with Crippen LogP contribution in [0, 0.1) is 0 Å². The van der Waals surface area contributed by atoms with Gasteiger partial charge < -0.3 is 4.42 Å². The molecule has 1 aliphatic carbocycles. The summed E-state index contributed by atoms with van der Waals surface area (Å²) in [6.45, 7) is 0. The van der Waals surface area contributed by atoms with E-state index in [0.717, 1.165) is 19.3 Å². The van der Waals surface area contributed by atoms with Crippen molar-refractivity contribution in [1.29, 1.82) is 0 Å². The topological polar surface area (TPSA) is 64.3 Å². The van der Waals surface area contributed by atoms with Gasteiger partial charge in [0.15, 0.2) is 15.6 Å². The molecule has 0 aromatic carbocycles. The Morgan fingerprint density at radius 2 is 2.00 bits per heavy atom. The van der Waals surface area contributed by atoms with E-state index in [9.17, 15) is 13.2 Å². The summed E-state index contributed by atoms with van der Waals surface area (Å²) in [6.07, 6.45) is 5.73. The Kier molecular flexibility index (Phi) is 3.66. The van der Waals surface area contributed by atoms with E-state index in [1.165, 1.54) is 12.3 Å². The molecule has 0 atom stereocenters. The molecule has 5 heteroatoms. The summed E-state index contributed by atoms with van der Waals surface area (Å²) in [6, 6.07) is 3.08. The molecule has 1 aliphatic rings. The lowest BCUT2D eigenvalue weighted by Crippen LogP contribution is -2.29. The maximum atomic E-state index is 12.0. The Morgan fingerprint density at radius 1 is 1.29 bits per heavy atom. The van der Waals surface area contributed by atoms with Crippen LogP contribution >= 0.6 is 0 Å². The molecule has 0 N–H and O–H groups in total. The predicted molar refractivity (Wildman–Crippen MR) is 63.7 cm³/mol. The highest BCUT2D eigenvalue weighted by atomic mass is 32.2.